The number of hydrogen-bond donors (Lipinski definition) is 3. The van der Waals surface area contributed by atoms with Crippen LogP contribution in [0.5, 0.6) is 0 Å². The van der Waals surface area contributed by atoms with E-state index in [-0.39, 0.29) is 11.4 Å². The van der Waals surface area contributed by atoms with E-state index in [0.717, 1.165) is 5.56 Å². The van der Waals surface area contributed by atoms with Crippen LogP contribution in [0.3, 0.4) is 0 Å². The molecule has 0 spiro atoms. The van der Waals surface area contributed by atoms with Gasteiger partial charge in [0.05, 0.1) is 16.3 Å². The van der Waals surface area contributed by atoms with Gasteiger partial charge in [-0.3, -0.25) is 4.79 Å². The van der Waals surface area contributed by atoms with Gasteiger partial charge in [-0.2, -0.15) is 0 Å². The predicted molar refractivity (Wildman–Crippen MR) is 83.0 cm³/mol. The smallest absolute Gasteiger partial charge is 0.250 e. The molecule has 2 aromatic carbocycles. The summed E-state index contributed by atoms with van der Waals surface area (Å²) in [6.07, 6.45) is 0.580. The van der Waals surface area contributed by atoms with Crippen LogP contribution in [-0.2, 0) is 6.42 Å². The van der Waals surface area contributed by atoms with Crippen molar-refractivity contribution in [2.45, 2.75) is 6.42 Å². The van der Waals surface area contributed by atoms with Gasteiger partial charge in [0.1, 0.15) is 5.82 Å². The Morgan fingerprint density at radius 1 is 1.29 bits per heavy atom. The van der Waals surface area contributed by atoms with Gasteiger partial charge in [-0.05, 0) is 36.2 Å². The minimum absolute atomic E-state index is 0.235. The Kier molecular flexibility index (Phi) is 4.65. The molecule has 0 atom stereocenters. The lowest BCUT2D eigenvalue weighted by Gasteiger charge is -2.13. The van der Waals surface area contributed by atoms with Crippen molar-refractivity contribution in [3.05, 3.63) is 58.4 Å². The predicted octanol–water partition coefficient (Wildman–Crippen LogP) is 2.81. The molecule has 0 aliphatic rings. The van der Waals surface area contributed by atoms with Crippen LogP contribution in [0.4, 0.5) is 15.8 Å². The van der Waals surface area contributed by atoms with Crippen LogP contribution >= 0.6 is 11.6 Å². The molecule has 2 rings (SSSR count). The highest BCUT2D eigenvalue weighted by Gasteiger charge is 2.13. The van der Waals surface area contributed by atoms with Crippen molar-refractivity contribution in [1.29, 1.82) is 0 Å². The molecule has 6 heteroatoms. The van der Waals surface area contributed by atoms with Crippen LogP contribution in [0.25, 0.3) is 0 Å². The van der Waals surface area contributed by atoms with E-state index in [0.29, 0.717) is 29.4 Å². The van der Waals surface area contributed by atoms with Gasteiger partial charge in [0.25, 0.3) is 5.91 Å². The molecule has 2 aromatic rings. The van der Waals surface area contributed by atoms with Gasteiger partial charge < -0.3 is 16.8 Å². The van der Waals surface area contributed by atoms with Gasteiger partial charge in [-0.1, -0.05) is 23.7 Å². The first kappa shape index (κ1) is 15.1. The molecule has 0 fully saturated rings. The second-order valence-electron chi connectivity index (χ2n) is 4.60. The number of hydrogen-bond acceptors (Lipinski definition) is 3. The molecule has 0 saturated carbocycles. The fraction of sp³-hybridized carbons (Fsp3) is 0.133. The number of nitrogens with one attached hydrogen (secondary N) is 1. The maximum atomic E-state index is 13.1. The summed E-state index contributed by atoms with van der Waals surface area (Å²) in [5, 5.41) is 3.37. The molecule has 5 N–H and O–H groups in total. The lowest BCUT2D eigenvalue weighted by atomic mass is 10.1. The van der Waals surface area contributed by atoms with E-state index < -0.39 is 5.91 Å². The average molecular weight is 308 g/mol. The van der Waals surface area contributed by atoms with E-state index in [9.17, 15) is 9.18 Å². The minimum Gasteiger partial charge on any atom is -0.399 e. The Bertz CT molecular complexity index is 676. The van der Waals surface area contributed by atoms with Crippen LogP contribution in [0, 0.1) is 5.82 Å². The average Bonchev–Trinajstić information content (AvgIpc) is 2.40. The fourth-order valence-electron chi connectivity index (χ4n) is 2.03. The molecule has 1 amide bonds. The Morgan fingerprint density at radius 2 is 2.05 bits per heavy atom. The molecule has 0 aromatic heterocycles. The second kappa shape index (κ2) is 6.45. The fourth-order valence-corrected chi connectivity index (χ4v) is 2.32. The molecule has 0 bridgehead atoms. The number of nitrogen functional groups attached to an aromatic ring is 1. The first-order valence-corrected chi connectivity index (χ1v) is 6.72. The Morgan fingerprint density at radius 3 is 2.71 bits per heavy atom. The molecule has 21 heavy (non-hydrogen) atoms. The van der Waals surface area contributed by atoms with E-state index in [2.05, 4.69) is 5.32 Å². The van der Waals surface area contributed by atoms with Gasteiger partial charge in [0.15, 0.2) is 0 Å². The number of rotatable bonds is 5. The highest BCUT2D eigenvalue weighted by Crippen LogP contribution is 2.29. The van der Waals surface area contributed by atoms with Gasteiger partial charge in [0, 0.05) is 12.2 Å². The zero-order valence-electron chi connectivity index (χ0n) is 11.2. The van der Waals surface area contributed by atoms with Gasteiger partial charge in [-0.15, -0.1) is 0 Å². The van der Waals surface area contributed by atoms with Crippen molar-refractivity contribution in [2.24, 2.45) is 5.73 Å². The third-order valence-electron chi connectivity index (χ3n) is 2.98. The number of benzene rings is 2. The third-order valence-corrected chi connectivity index (χ3v) is 3.28. The van der Waals surface area contributed by atoms with Crippen molar-refractivity contribution in [1.82, 2.24) is 0 Å². The van der Waals surface area contributed by atoms with Gasteiger partial charge in [0.2, 0.25) is 0 Å². The van der Waals surface area contributed by atoms with E-state index in [4.69, 9.17) is 23.1 Å². The number of halogens is 2. The second-order valence-corrected chi connectivity index (χ2v) is 5.00. The molecule has 4 nitrogen and oxygen atoms in total. The minimum atomic E-state index is -0.613. The van der Waals surface area contributed by atoms with Crippen LogP contribution in [0.15, 0.2) is 36.4 Å². The summed E-state index contributed by atoms with van der Waals surface area (Å²) < 4.78 is 13.1. The molecule has 0 saturated heterocycles. The molecule has 0 aliphatic heterocycles. The topological polar surface area (TPSA) is 81.1 Å². The van der Waals surface area contributed by atoms with Crippen LogP contribution < -0.4 is 16.8 Å². The lowest BCUT2D eigenvalue weighted by Crippen LogP contribution is -2.16. The first-order valence-electron chi connectivity index (χ1n) is 6.34. The normalized spacial score (nSPS) is 10.4. The van der Waals surface area contributed by atoms with Crippen molar-refractivity contribution in [3.8, 4) is 0 Å². The Labute approximate surface area is 126 Å². The number of carbonyl (C=O) groups is 1. The summed E-state index contributed by atoms with van der Waals surface area (Å²) in [7, 11) is 0. The highest BCUT2D eigenvalue weighted by atomic mass is 35.5. The molecular weight excluding hydrogens is 293 g/mol. The van der Waals surface area contributed by atoms with Crippen molar-refractivity contribution in [2.75, 3.05) is 17.6 Å². The number of nitrogens with two attached hydrogens (primary N) is 2. The van der Waals surface area contributed by atoms with E-state index >= 15 is 0 Å². The first-order chi connectivity index (χ1) is 9.97. The van der Waals surface area contributed by atoms with Crippen LogP contribution in [0.1, 0.15) is 15.9 Å². The quantitative estimate of drug-likeness (QED) is 0.743. The van der Waals surface area contributed by atoms with E-state index in [1.807, 2.05) is 6.07 Å². The van der Waals surface area contributed by atoms with Gasteiger partial charge in [-0.25, -0.2) is 4.39 Å². The summed E-state index contributed by atoms with van der Waals surface area (Å²) in [6, 6.07) is 9.33. The SMILES string of the molecule is NC(=O)c1cc(N)cc(Cl)c1NCCc1cccc(F)c1. The lowest BCUT2D eigenvalue weighted by molar-refractivity contribution is 0.100. The van der Waals surface area contributed by atoms with Crippen LogP contribution in [-0.4, -0.2) is 12.5 Å². The number of primary amides is 1. The summed E-state index contributed by atoms with van der Waals surface area (Å²) >= 11 is 6.08. The molecule has 0 heterocycles. The molecular formula is C15H15ClFN3O. The molecule has 0 radical (unpaired) electrons. The van der Waals surface area contributed by atoms with Crippen LogP contribution in [0.2, 0.25) is 5.02 Å². The number of carbonyl (C=O) groups excluding carboxylic acids is 1. The van der Waals surface area contributed by atoms with Crippen molar-refractivity contribution >= 4 is 28.9 Å². The Hall–Kier alpha value is -2.27. The van der Waals surface area contributed by atoms with Crippen molar-refractivity contribution in [3.63, 3.8) is 0 Å². The Balaban J connectivity index is 2.11. The number of amides is 1. The zero-order chi connectivity index (χ0) is 15.4. The third kappa shape index (κ3) is 3.86. The van der Waals surface area contributed by atoms with E-state index in [1.54, 1.807) is 12.1 Å². The maximum Gasteiger partial charge on any atom is 0.250 e. The maximum absolute atomic E-state index is 13.1. The number of anilines is 2. The molecule has 0 aliphatic carbocycles. The zero-order valence-corrected chi connectivity index (χ0v) is 12.0. The summed E-state index contributed by atoms with van der Waals surface area (Å²) in [5.41, 5.74) is 12.8. The van der Waals surface area contributed by atoms with Gasteiger partial charge >= 0.3 is 0 Å². The molecule has 0 unspecified atom stereocenters. The van der Waals surface area contributed by atoms with Crippen molar-refractivity contribution < 1.29 is 9.18 Å². The standard InChI is InChI=1S/C15H15ClFN3O/c16-13-8-11(18)7-12(15(19)21)14(13)20-5-4-9-2-1-3-10(17)6-9/h1-3,6-8,20H,4-5,18H2,(H2,19,21). The summed E-state index contributed by atoms with van der Waals surface area (Å²) in [6.45, 7) is 0.480. The summed E-state index contributed by atoms with van der Waals surface area (Å²) in [4.78, 5) is 11.4. The van der Waals surface area contributed by atoms with E-state index in [1.165, 1.54) is 18.2 Å². The highest BCUT2D eigenvalue weighted by molar-refractivity contribution is 6.34. The summed E-state index contributed by atoms with van der Waals surface area (Å²) in [5.74, 6) is -0.895. The largest absolute Gasteiger partial charge is 0.399 e. The monoisotopic (exact) mass is 307 g/mol. The molecule has 110 valence electrons.